The lowest BCUT2D eigenvalue weighted by atomic mass is 10.2. The van der Waals surface area contributed by atoms with Crippen LogP contribution in [0.15, 0.2) is 48.6 Å². The average Bonchev–Trinajstić information content (AvgIpc) is 2.08. The fourth-order valence-corrected chi connectivity index (χ4v) is 0.945. The first kappa shape index (κ1) is 8.06. The zero-order chi connectivity index (χ0) is 7.78. The van der Waals surface area contributed by atoms with Gasteiger partial charge in [0.15, 0.2) is 0 Å². The maximum Gasteiger partial charge on any atom is -0.0166 e. The topological polar surface area (TPSA) is 0 Å². The third-order valence-electron chi connectivity index (χ3n) is 1.54. The molecule has 0 aromatic carbocycles. The van der Waals surface area contributed by atoms with Gasteiger partial charge in [0, 0.05) is 0 Å². The van der Waals surface area contributed by atoms with Crippen LogP contribution in [-0.2, 0) is 0 Å². The second-order valence-corrected chi connectivity index (χ2v) is 2.53. The van der Waals surface area contributed by atoms with Crippen molar-refractivity contribution in [3.63, 3.8) is 0 Å². The summed E-state index contributed by atoms with van der Waals surface area (Å²) >= 11 is 0. The summed E-state index contributed by atoms with van der Waals surface area (Å²) in [6.07, 6.45) is 20.5. The van der Waals surface area contributed by atoms with Crippen molar-refractivity contribution >= 4 is 0 Å². The van der Waals surface area contributed by atoms with Crippen LogP contribution < -0.4 is 0 Å². The predicted octanol–water partition coefficient (Wildman–Crippen LogP) is 3.40. The molecular weight excluding hydrogens is 132 g/mol. The van der Waals surface area contributed by atoms with Crippen molar-refractivity contribution in [3.05, 3.63) is 48.6 Å². The van der Waals surface area contributed by atoms with E-state index in [1.165, 1.54) is 0 Å². The van der Waals surface area contributed by atoms with Crippen LogP contribution in [0.25, 0.3) is 0 Å². The molecule has 0 nitrogen and oxygen atoms in total. The van der Waals surface area contributed by atoms with Gasteiger partial charge in [-0.3, -0.25) is 0 Å². The Morgan fingerprint density at radius 3 is 2.18 bits per heavy atom. The third-order valence-corrected chi connectivity index (χ3v) is 1.54. The molecular formula is C11H14. The fraction of sp³-hybridized carbons (Fsp3) is 0.273. The van der Waals surface area contributed by atoms with Crippen LogP contribution in [0.5, 0.6) is 0 Å². The van der Waals surface area contributed by atoms with Crippen LogP contribution in [0.3, 0.4) is 0 Å². The lowest BCUT2D eigenvalue weighted by molar-refractivity contribution is 1.04. The quantitative estimate of drug-likeness (QED) is 0.459. The van der Waals surface area contributed by atoms with E-state index in [9.17, 15) is 0 Å². The first-order chi connectivity index (χ1) is 5.50. The van der Waals surface area contributed by atoms with Crippen LogP contribution >= 0.6 is 0 Å². The Hall–Kier alpha value is -1.04. The Morgan fingerprint density at radius 2 is 1.27 bits per heavy atom. The predicted molar refractivity (Wildman–Crippen MR) is 50.4 cm³/mol. The van der Waals surface area contributed by atoms with Crippen LogP contribution in [0.2, 0.25) is 0 Å². The molecule has 0 N–H and O–H groups in total. The standard InChI is InChI=1S/C11H14/c1-2-4-6-8-10-11-9-7-5-3-1/h1-6,9,11H,7-8,10H2/b2-1-,5-3-,6-4+,11-9?. The Morgan fingerprint density at radius 1 is 0.545 bits per heavy atom. The van der Waals surface area contributed by atoms with Gasteiger partial charge >= 0.3 is 0 Å². The molecule has 0 aromatic heterocycles. The molecule has 1 rings (SSSR count). The maximum absolute atomic E-state index is 2.24. The van der Waals surface area contributed by atoms with Crippen molar-refractivity contribution in [1.82, 2.24) is 0 Å². The molecule has 0 saturated heterocycles. The van der Waals surface area contributed by atoms with E-state index in [2.05, 4.69) is 48.6 Å². The number of rotatable bonds is 0. The Balaban J connectivity index is 2.47. The molecule has 0 radical (unpaired) electrons. The van der Waals surface area contributed by atoms with Gasteiger partial charge in [0.1, 0.15) is 0 Å². The largest absolute Gasteiger partial charge is 0.0879 e. The molecule has 0 spiro atoms. The van der Waals surface area contributed by atoms with Gasteiger partial charge in [-0.05, 0) is 19.3 Å². The zero-order valence-corrected chi connectivity index (χ0v) is 6.74. The van der Waals surface area contributed by atoms with Crippen LogP contribution in [0.1, 0.15) is 19.3 Å². The van der Waals surface area contributed by atoms with Crippen molar-refractivity contribution in [2.45, 2.75) is 19.3 Å². The molecule has 58 valence electrons. The highest BCUT2D eigenvalue weighted by Crippen LogP contribution is 1.97. The molecule has 11 heavy (non-hydrogen) atoms. The van der Waals surface area contributed by atoms with E-state index in [-0.39, 0.29) is 0 Å². The molecule has 0 saturated carbocycles. The summed E-state index contributed by atoms with van der Waals surface area (Å²) in [6, 6.07) is 0. The molecule has 0 bridgehead atoms. The van der Waals surface area contributed by atoms with Crippen molar-refractivity contribution in [2.75, 3.05) is 0 Å². The normalized spacial score (nSPS) is 26.9. The van der Waals surface area contributed by atoms with Gasteiger partial charge in [-0.25, -0.2) is 0 Å². The minimum absolute atomic E-state index is 1.06. The Labute approximate surface area is 68.6 Å². The molecule has 0 unspecified atom stereocenters. The SMILES string of the molecule is C1=CCC/C=C/C=C\C=C/C1. The molecule has 0 heterocycles. The van der Waals surface area contributed by atoms with Crippen LogP contribution in [0, 0.1) is 0 Å². The Kier molecular flexibility index (Phi) is 4.19. The second kappa shape index (κ2) is 5.72. The maximum atomic E-state index is 2.24. The lowest BCUT2D eigenvalue weighted by Crippen LogP contribution is -1.63. The van der Waals surface area contributed by atoms with Crippen molar-refractivity contribution in [2.24, 2.45) is 0 Å². The minimum atomic E-state index is 1.06. The molecule has 0 aliphatic heterocycles. The van der Waals surface area contributed by atoms with Crippen LogP contribution in [0.4, 0.5) is 0 Å². The molecule has 0 fully saturated rings. The summed E-state index contributed by atoms with van der Waals surface area (Å²) in [5.74, 6) is 0. The summed E-state index contributed by atoms with van der Waals surface area (Å²) in [4.78, 5) is 0. The van der Waals surface area contributed by atoms with Crippen molar-refractivity contribution in [1.29, 1.82) is 0 Å². The third kappa shape index (κ3) is 4.38. The summed E-state index contributed by atoms with van der Waals surface area (Å²) in [6.45, 7) is 0. The first-order valence-electron chi connectivity index (χ1n) is 4.13. The van der Waals surface area contributed by atoms with Gasteiger partial charge in [-0.15, -0.1) is 0 Å². The van der Waals surface area contributed by atoms with Crippen LogP contribution in [-0.4, -0.2) is 0 Å². The van der Waals surface area contributed by atoms with E-state index in [0.29, 0.717) is 0 Å². The van der Waals surface area contributed by atoms with E-state index in [1.54, 1.807) is 0 Å². The van der Waals surface area contributed by atoms with E-state index in [4.69, 9.17) is 0 Å². The monoisotopic (exact) mass is 146 g/mol. The highest BCUT2D eigenvalue weighted by molar-refractivity contribution is 5.12. The lowest BCUT2D eigenvalue weighted by Gasteiger charge is -1.83. The van der Waals surface area contributed by atoms with Gasteiger partial charge in [-0.2, -0.15) is 0 Å². The minimum Gasteiger partial charge on any atom is -0.0879 e. The van der Waals surface area contributed by atoms with E-state index >= 15 is 0 Å². The Bertz CT molecular complexity index is 192. The van der Waals surface area contributed by atoms with Gasteiger partial charge in [0.2, 0.25) is 0 Å². The number of hydrogen-bond acceptors (Lipinski definition) is 0. The highest BCUT2D eigenvalue weighted by Gasteiger charge is 1.76. The molecule has 1 aliphatic carbocycles. The second-order valence-electron chi connectivity index (χ2n) is 2.53. The fourth-order valence-electron chi connectivity index (χ4n) is 0.945. The molecule has 0 aromatic rings. The molecule has 1 aliphatic rings. The average molecular weight is 146 g/mol. The summed E-state index contributed by atoms with van der Waals surface area (Å²) in [7, 11) is 0. The highest BCUT2D eigenvalue weighted by atomic mass is 13.8. The van der Waals surface area contributed by atoms with Gasteiger partial charge in [-0.1, -0.05) is 48.6 Å². The summed E-state index contributed by atoms with van der Waals surface area (Å²) < 4.78 is 0. The zero-order valence-electron chi connectivity index (χ0n) is 6.74. The van der Waals surface area contributed by atoms with Gasteiger partial charge in [0.05, 0.1) is 0 Å². The molecule has 0 heteroatoms. The van der Waals surface area contributed by atoms with Gasteiger partial charge < -0.3 is 0 Å². The smallest absolute Gasteiger partial charge is 0.0166 e. The summed E-state index contributed by atoms with van der Waals surface area (Å²) in [5.41, 5.74) is 0. The van der Waals surface area contributed by atoms with Crippen molar-refractivity contribution in [3.8, 4) is 0 Å². The number of hydrogen-bond donors (Lipinski definition) is 0. The van der Waals surface area contributed by atoms with E-state index in [0.717, 1.165) is 19.3 Å². The molecule has 0 amide bonds. The first-order valence-corrected chi connectivity index (χ1v) is 4.13. The van der Waals surface area contributed by atoms with E-state index in [1.807, 2.05) is 0 Å². The molecule has 0 atom stereocenters. The van der Waals surface area contributed by atoms with Gasteiger partial charge in [0.25, 0.3) is 0 Å². The summed E-state index contributed by atoms with van der Waals surface area (Å²) in [5, 5.41) is 0. The number of allylic oxidation sites excluding steroid dienone is 8. The van der Waals surface area contributed by atoms with Crippen molar-refractivity contribution < 1.29 is 0 Å². The van der Waals surface area contributed by atoms with E-state index < -0.39 is 0 Å².